The van der Waals surface area contributed by atoms with Gasteiger partial charge in [-0.15, -0.1) is 10.2 Å². The lowest BCUT2D eigenvalue weighted by Gasteiger charge is -2.08. The molecule has 2 N–H and O–H groups in total. The molecule has 1 atom stereocenters. The second-order valence-electron chi connectivity index (χ2n) is 6.07. The van der Waals surface area contributed by atoms with Crippen molar-refractivity contribution in [3.8, 4) is 5.75 Å². The van der Waals surface area contributed by atoms with Crippen LogP contribution in [0, 0.1) is 0 Å². The summed E-state index contributed by atoms with van der Waals surface area (Å²) < 4.78 is 6.07. The van der Waals surface area contributed by atoms with Gasteiger partial charge in [-0.2, -0.15) is 0 Å². The molecule has 28 heavy (non-hydrogen) atoms. The maximum Gasteiger partial charge on any atom is 0.210 e. The van der Waals surface area contributed by atoms with Crippen LogP contribution in [0.25, 0.3) is 10.9 Å². The number of carbonyl (C=O) groups excluding carboxylic acids is 1. The molecule has 142 valence electrons. The van der Waals surface area contributed by atoms with E-state index in [9.17, 15) is 4.79 Å². The summed E-state index contributed by atoms with van der Waals surface area (Å²) in [6.45, 7) is 1.89. The van der Waals surface area contributed by atoms with E-state index in [-0.39, 0.29) is 11.0 Å². The van der Waals surface area contributed by atoms with Gasteiger partial charge >= 0.3 is 0 Å². The normalized spacial score (nSPS) is 12.1. The minimum Gasteiger partial charge on any atom is -0.495 e. The number of nitrogens with zero attached hydrogens (tertiary/aromatic N) is 2. The van der Waals surface area contributed by atoms with Gasteiger partial charge in [-0.05, 0) is 25.1 Å². The number of hydrogen-bond donors (Lipinski definition) is 2. The standard InChI is InChI=1S/C20H18N4O2S2/c1-12(18(25)14-11-21-15-8-4-3-7-13(14)15)27-20-24-23-19(28-20)22-16-9-5-6-10-17(16)26-2/h3-12,21H,1-2H3,(H,22,23). The van der Waals surface area contributed by atoms with Gasteiger partial charge < -0.3 is 15.0 Å². The van der Waals surface area contributed by atoms with Gasteiger partial charge in [-0.1, -0.05) is 53.4 Å². The molecule has 0 radical (unpaired) electrons. The Morgan fingerprint density at radius 3 is 2.82 bits per heavy atom. The Morgan fingerprint density at radius 2 is 1.96 bits per heavy atom. The largest absolute Gasteiger partial charge is 0.495 e. The van der Waals surface area contributed by atoms with Gasteiger partial charge in [0, 0.05) is 22.7 Å². The number of carbonyl (C=O) groups is 1. The van der Waals surface area contributed by atoms with E-state index in [1.54, 1.807) is 13.3 Å². The number of H-pyrrole nitrogens is 1. The van der Waals surface area contributed by atoms with Gasteiger partial charge in [0.25, 0.3) is 0 Å². The molecule has 4 rings (SSSR count). The number of anilines is 2. The predicted molar refractivity (Wildman–Crippen MR) is 114 cm³/mol. The summed E-state index contributed by atoms with van der Waals surface area (Å²) in [7, 11) is 1.62. The van der Waals surface area contributed by atoms with Gasteiger partial charge in [0.15, 0.2) is 10.1 Å². The molecule has 0 amide bonds. The molecule has 0 aliphatic heterocycles. The molecule has 2 aromatic heterocycles. The van der Waals surface area contributed by atoms with Crippen LogP contribution in [0.15, 0.2) is 59.1 Å². The molecule has 2 heterocycles. The molecule has 4 aromatic rings. The molecule has 0 aliphatic rings. The Balaban J connectivity index is 1.47. The molecule has 1 unspecified atom stereocenters. The fraction of sp³-hybridized carbons (Fsp3) is 0.150. The van der Waals surface area contributed by atoms with Crippen LogP contribution in [-0.2, 0) is 0 Å². The molecule has 6 nitrogen and oxygen atoms in total. The first-order valence-corrected chi connectivity index (χ1v) is 10.4. The Morgan fingerprint density at radius 1 is 1.18 bits per heavy atom. The van der Waals surface area contributed by atoms with E-state index in [0.717, 1.165) is 26.7 Å². The van der Waals surface area contributed by atoms with Gasteiger partial charge in [-0.3, -0.25) is 4.79 Å². The third-order valence-corrected chi connectivity index (χ3v) is 6.28. The number of rotatable bonds is 7. The quantitative estimate of drug-likeness (QED) is 0.325. The third-order valence-electron chi connectivity index (χ3n) is 4.26. The average Bonchev–Trinajstić information content (AvgIpc) is 3.34. The number of para-hydroxylation sites is 3. The van der Waals surface area contributed by atoms with Gasteiger partial charge in [-0.25, -0.2) is 0 Å². The summed E-state index contributed by atoms with van der Waals surface area (Å²) in [6, 6.07) is 15.4. The number of aromatic nitrogens is 3. The van der Waals surface area contributed by atoms with Crippen LogP contribution in [0.2, 0.25) is 0 Å². The van der Waals surface area contributed by atoms with Crippen LogP contribution in [-0.4, -0.2) is 33.3 Å². The summed E-state index contributed by atoms with van der Waals surface area (Å²) in [4.78, 5) is 16.0. The zero-order valence-corrected chi connectivity index (χ0v) is 16.9. The Hall–Kier alpha value is -2.84. The Kier molecular flexibility index (Phi) is 5.31. The van der Waals surface area contributed by atoms with E-state index in [4.69, 9.17) is 4.74 Å². The number of nitrogens with one attached hydrogen (secondary N) is 2. The topological polar surface area (TPSA) is 79.9 Å². The number of hydrogen-bond acceptors (Lipinski definition) is 7. The fourth-order valence-electron chi connectivity index (χ4n) is 2.87. The summed E-state index contributed by atoms with van der Waals surface area (Å²) in [5.74, 6) is 0.798. The molecule has 0 saturated carbocycles. The van der Waals surface area contributed by atoms with Crippen LogP contribution in [0.3, 0.4) is 0 Å². The predicted octanol–water partition coefficient (Wildman–Crippen LogP) is 5.14. The molecule has 0 saturated heterocycles. The summed E-state index contributed by atoms with van der Waals surface area (Å²) >= 11 is 2.82. The number of methoxy groups -OCH3 is 1. The summed E-state index contributed by atoms with van der Waals surface area (Å²) in [5, 5.41) is 12.9. The molecule has 2 aromatic carbocycles. The number of fused-ring (bicyclic) bond motifs is 1. The van der Waals surface area contributed by atoms with E-state index in [1.165, 1.54) is 23.1 Å². The number of ketones is 1. The SMILES string of the molecule is COc1ccccc1Nc1nnc(SC(C)C(=O)c2c[nH]c3ccccc23)s1. The molecule has 0 bridgehead atoms. The van der Waals surface area contributed by atoms with Crippen molar-refractivity contribution in [1.29, 1.82) is 0 Å². The van der Waals surface area contributed by atoms with E-state index < -0.39 is 0 Å². The van der Waals surface area contributed by atoms with Crippen molar-refractivity contribution in [1.82, 2.24) is 15.2 Å². The molecule has 0 aliphatic carbocycles. The first-order valence-electron chi connectivity index (χ1n) is 8.66. The minimum atomic E-state index is -0.272. The lowest BCUT2D eigenvalue weighted by molar-refractivity contribution is 0.0995. The highest BCUT2D eigenvalue weighted by atomic mass is 32.2. The number of ether oxygens (including phenoxy) is 1. The monoisotopic (exact) mass is 410 g/mol. The number of aromatic amines is 1. The van der Waals surface area contributed by atoms with Gasteiger partial charge in [0.2, 0.25) is 5.13 Å². The maximum absolute atomic E-state index is 12.9. The van der Waals surface area contributed by atoms with Crippen LogP contribution >= 0.6 is 23.1 Å². The first-order chi connectivity index (χ1) is 13.7. The lowest BCUT2D eigenvalue weighted by atomic mass is 10.1. The van der Waals surface area contributed by atoms with Crippen molar-refractivity contribution in [2.75, 3.05) is 12.4 Å². The lowest BCUT2D eigenvalue weighted by Crippen LogP contribution is -2.12. The first kappa shape index (κ1) is 18.5. The summed E-state index contributed by atoms with van der Waals surface area (Å²) in [5.41, 5.74) is 2.48. The molecule has 0 fully saturated rings. The van der Waals surface area contributed by atoms with Crippen molar-refractivity contribution >= 4 is 50.6 Å². The van der Waals surface area contributed by atoms with E-state index in [2.05, 4.69) is 20.5 Å². The second kappa shape index (κ2) is 8.04. The van der Waals surface area contributed by atoms with Crippen LogP contribution in [0.1, 0.15) is 17.3 Å². The van der Waals surface area contributed by atoms with Crippen LogP contribution < -0.4 is 10.1 Å². The molecule has 8 heteroatoms. The zero-order chi connectivity index (χ0) is 19.5. The van der Waals surface area contributed by atoms with Crippen LogP contribution in [0.4, 0.5) is 10.8 Å². The van der Waals surface area contributed by atoms with Crippen molar-refractivity contribution in [3.05, 3.63) is 60.3 Å². The Labute approximate surface area is 170 Å². The smallest absolute Gasteiger partial charge is 0.210 e. The van der Waals surface area contributed by atoms with Crippen molar-refractivity contribution in [3.63, 3.8) is 0 Å². The summed E-state index contributed by atoms with van der Waals surface area (Å²) in [6.07, 6.45) is 1.78. The van der Waals surface area contributed by atoms with Crippen LogP contribution in [0.5, 0.6) is 5.75 Å². The van der Waals surface area contributed by atoms with Crippen molar-refractivity contribution in [2.24, 2.45) is 0 Å². The molecular weight excluding hydrogens is 392 g/mol. The Bertz CT molecular complexity index is 1120. The highest BCUT2D eigenvalue weighted by Crippen LogP contribution is 2.34. The van der Waals surface area contributed by atoms with Gasteiger partial charge in [0.1, 0.15) is 5.75 Å². The zero-order valence-electron chi connectivity index (χ0n) is 15.3. The van der Waals surface area contributed by atoms with E-state index >= 15 is 0 Å². The van der Waals surface area contributed by atoms with Crippen molar-refractivity contribution < 1.29 is 9.53 Å². The average molecular weight is 411 g/mol. The highest BCUT2D eigenvalue weighted by molar-refractivity contribution is 8.02. The minimum absolute atomic E-state index is 0.0666. The molecular formula is C20H18N4O2S2. The molecule has 0 spiro atoms. The fourth-order valence-corrected chi connectivity index (χ4v) is 4.85. The third kappa shape index (κ3) is 3.74. The van der Waals surface area contributed by atoms with Gasteiger partial charge in [0.05, 0.1) is 18.0 Å². The number of thioether (sulfide) groups is 1. The maximum atomic E-state index is 12.9. The number of Topliss-reactive ketones (excluding diaryl/α,β-unsaturated/α-hetero) is 1. The van der Waals surface area contributed by atoms with E-state index in [0.29, 0.717) is 10.7 Å². The highest BCUT2D eigenvalue weighted by Gasteiger charge is 2.21. The number of benzene rings is 2. The van der Waals surface area contributed by atoms with Crippen molar-refractivity contribution in [2.45, 2.75) is 16.5 Å². The van der Waals surface area contributed by atoms with E-state index in [1.807, 2.05) is 55.5 Å². The second-order valence-corrected chi connectivity index (χ2v) is 8.64.